The van der Waals surface area contributed by atoms with Crippen LogP contribution in [0.4, 0.5) is 24.5 Å². The van der Waals surface area contributed by atoms with Crippen LogP contribution in [0.5, 0.6) is 0 Å². The van der Waals surface area contributed by atoms with E-state index in [-0.39, 0.29) is 11.6 Å². The number of carbonyl (C=O) groups is 1. The number of rotatable bonds is 6. The van der Waals surface area contributed by atoms with Gasteiger partial charge in [-0.2, -0.15) is 13.2 Å². The van der Waals surface area contributed by atoms with Crippen molar-refractivity contribution in [3.8, 4) is 0 Å². The highest BCUT2D eigenvalue weighted by molar-refractivity contribution is 5.77. The van der Waals surface area contributed by atoms with Crippen molar-refractivity contribution in [1.82, 2.24) is 4.90 Å². The van der Waals surface area contributed by atoms with Gasteiger partial charge in [0.05, 0.1) is 10.5 Å². The van der Waals surface area contributed by atoms with E-state index in [0.29, 0.717) is 51.0 Å². The Hall–Kier alpha value is -3.10. The number of alkyl halides is 3. The molecule has 0 N–H and O–H groups in total. The van der Waals surface area contributed by atoms with E-state index in [2.05, 4.69) is 26.0 Å². The Kier molecular flexibility index (Phi) is 7.06. The third kappa shape index (κ3) is 5.57. The lowest BCUT2D eigenvalue weighted by molar-refractivity contribution is -0.384. The van der Waals surface area contributed by atoms with Gasteiger partial charge in [0.1, 0.15) is 5.69 Å². The first-order chi connectivity index (χ1) is 15.1. The van der Waals surface area contributed by atoms with Crippen molar-refractivity contribution in [1.29, 1.82) is 0 Å². The molecule has 1 aliphatic rings. The molecule has 0 unspecified atom stereocenters. The van der Waals surface area contributed by atoms with Crippen LogP contribution >= 0.6 is 0 Å². The monoisotopic (exact) mass is 449 g/mol. The minimum absolute atomic E-state index is 0.000458. The molecule has 1 saturated heterocycles. The van der Waals surface area contributed by atoms with Crippen LogP contribution in [0, 0.1) is 10.1 Å². The first-order valence-electron chi connectivity index (χ1n) is 10.5. The van der Waals surface area contributed by atoms with Crippen LogP contribution in [0.15, 0.2) is 42.5 Å². The van der Waals surface area contributed by atoms with E-state index in [9.17, 15) is 28.1 Å². The molecule has 0 aliphatic carbocycles. The van der Waals surface area contributed by atoms with Crippen LogP contribution < -0.4 is 4.90 Å². The van der Waals surface area contributed by atoms with Gasteiger partial charge in [0.15, 0.2) is 0 Å². The molecule has 0 bridgehead atoms. The summed E-state index contributed by atoms with van der Waals surface area (Å²) in [4.78, 5) is 26.5. The SMILES string of the molecule is CC(C)c1ccc(CCC(=O)N2CCN(c3ccc(C(F)(F)F)cc3[N+](=O)[O-])CC2)cc1. The van der Waals surface area contributed by atoms with Crippen molar-refractivity contribution in [3.05, 3.63) is 69.3 Å². The normalized spacial score (nSPS) is 14.7. The van der Waals surface area contributed by atoms with Gasteiger partial charge in [-0.25, -0.2) is 0 Å². The number of anilines is 1. The molecule has 0 spiro atoms. The molecule has 0 radical (unpaired) electrons. The van der Waals surface area contributed by atoms with E-state index in [1.54, 1.807) is 9.80 Å². The molecule has 1 heterocycles. The molecular weight excluding hydrogens is 423 g/mol. The predicted molar refractivity (Wildman–Crippen MR) is 116 cm³/mol. The van der Waals surface area contributed by atoms with Gasteiger partial charge < -0.3 is 9.80 Å². The van der Waals surface area contributed by atoms with Crippen LogP contribution in [0.1, 0.15) is 42.9 Å². The number of halogens is 3. The van der Waals surface area contributed by atoms with Crippen molar-refractivity contribution in [2.24, 2.45) is 0 Å². The number of nitro benzene ring substituents is 1. The highest BCUT2D eigenvalue weighted by atomic mass is 19.4. The maximum absolute atomic E-state index is 12.9. The number of nitrogens with zero attached hydrogens (tertiary/aromatic N) is 3. The minimum atomic E-state index is -4.65. The summed E-state index contributed by atoms with van der Waals surface area (Å²) in [6.45, 7) is 5.61. The van der Waals surface area contributed by atoms with E-state index in [0.717, 1.165) is 17.7 Å². The summed E-state index contributed by atoms with van der Waals surface area (Å²) in [5.74, 6) is 0.446. The topological polar surface area (TPSA) is 66.7 Å². The Morgan fingerprint density at radius 3 is 2.22 bits per heavy atom. The molecule has 1 amide bonds. The molecule has 3 rings (SSSR count). The van der Waals surface area contributed by atoms with Gasteiger partial charge in [0.25, 0.3) is 5.69 Å². The Labute approximate surface area is 184 Å². The average Bonchev–Trinajstić information content (AvgIpc) is 2.76. The summed E-state index contributed by atoms with van der Waals surface area (Å²) in [5, 5.41) is 11.3. The highest BCUT2D eigenvalue weighted by Crippen LogP contribution is 2.36. The predicted octanol–water partition coefficient (Wildman–Crippen LogP) is 5.02. The number of benzene rings is 2. The molecule has 1 fully saturated rings. The minimum Gasteiger partial charge on any atom is -0.362 e. The number of carbonyl (C=O) groups excluding carboxylic acids is 1. The Bertz CT molecular complexity index is 967. The van der Waals surface area contributed by atoms with E-state index in [4.69, 9.17) is 0 Å². The number of piperazine rings is 1. The standard InChI is InChI=1S/C23H26F3N3O3/c1-16(2)18-6-3-17(4-7-18)5-10-22(30)28-13-11-27(12-14-28)20-9-8-19(23(24,25)26)15-21(20)29(31)32/h3-4,6-9,15-16H,5,10-14H2,1-2H3. The van der Waals surface area contributed by atoms with Gasteiger partial charge in [-0.3, -0.25) is 14.9 Å². The summed E-state index contributed by atoms with van der Waals surface area (Å²) in [6, 6.07) is 10.8. The van der Waals surface area contributed by atoms with E-state index >= 15 is 0 Å². The summed E-state index contributed by atoms with van der Waals surface area (Å²) in [5.41, 5.74) is 0.836. The number of nitro groups is 1. The average molecular weight is 449 g/mol. The molecule has 2 aromatic carbocycles. The Balaban J connectivity index is 1.58. The second kappa shape index (κ2) is 9.58. The molecular formula is C23H26F3N3O3. The zero-order valence-electron chi connectivity index (χ0n) is 18.1. The molecule has 6 nitrogen and oxygen atoms in total. The summed E-state index contributed by atoms with van der Waals surface area (Å²) in [6.07, 6.45) is -3.66. The molecule has 9 heteroatoms. The molecule has 1 aliphatic heterocycles. The summed E-state index contributed by atoms with van der Waals surface area (Å²) in [7, 11) is 0. The fraction of sp³-hybridized carbons (Fsp3) is 0.435. The van der Waals surface area contributed by atoms with Gasteiger partial charge in [-0.15, -0.1) is 0 Å². The molecule has 2 aromatic rings. The fourth-order valence-corrected chi connectivity index (χ4v) is 3.79. The smallest absolute Gasteiger partial charge is 0.362 e. The van der Waals surface area contributed by atoms with Gasteiger partial charge in [0.2, 0.25) is 5.91 Å². The fourth-order valence-electron chi connectivity index (χ4n) is 3.79. The zero-order chi connectivity index (χ0) is 23.5. The lowest BCUT2D eigenvalue weighted by Crippen LogP contribution is -2.49. The second-order valence-electron chi connectivity index (χ2n) is 8.22. The van der Waals surface area contributed by atoms with Gasteiger partial charge >= 0.3 is 6.18 Å². The number of hydrogen-bond acceptors (Lipinski definition) is 4. The van der Waals surface area contributed by atoms with E-state index in [1.165, 1.54) is 5.56 Å². The Morgan fingerprint density at radius 2 is 1.69 bits per heavy atom. The Morgan fingerprint density at radius 1 is 1.06 bits per heavy atom. The number of amides is 1. The van der Waals surface area contributed by atoms with Crippen molar-refractivity contribution in [2.75, 3.05) is 31.1 Å². The third-order valence-corrected chi connectivity index (χ3v) is 5.75. The van der Waals surface area contributed by atoms with Crippen molar-refractivity contribution < 1.29 is 22.9 Å². The van der Waals surface area contributed by atoms with E-state index in [1.807, 2.05) is 12.1 Å². The first kappa shape index (κ1) is 23.6. The molecule has 0 saturated carbocycles. The number of hydrogen-bond donors (Lipinski definition) is 0. The quantitative estimate of drug-likeness (QED) is 0.459. The molecule has 32 heavy (non-hydrogen) atoms. The van der Waals surface area contributed by atoms with Crippen molar-refractivity contribution >= 4 is 17.3 Å². The number of aryl methyl sites for hydroxylation is 1. The van der Waals surface area contributed by atoms with Gasteiger partial charge in [-0.1, -0.05) is 38.1 Å². The largest absolute Gasteiger partial charge is 0.416 e. The van der Waals surface area contributed by atoms with Crippen LogP contribution in [0.25, 0.3) is 0 Å². The highest BCUT2D eigenvalue weighted by Gasteiger charge is 2.34. The molecule has 0 aromatic heterocycles. The van der Waals surface area contributed by atoms with Crippen molar-refractivity contribution in [2.45, 2.75) is 38.8 Å². The maximum atomic E-state index is 12.9. The van der Waals surface area contributed by atoms with Gasteiger partial charge in [0, 0.05) is 38.7 Å². The summed E-state index contributed by atoms with van der Waals surface area (Å²) >= 11 is 0. The molecule has 0 atom stereocenters. The van der Waals surface area contributed by atoms with Crippen molar-refractivity contribution in [3.63, 3.8) is 0 Å². The van der Waals surface area contributed by atoms with Crippen LogP contribution in [0.3, 0.4) is 0 Å². The van der Waals surface area contributed by atoms with E-state index < -0.39 is 22.4 Å². The zero-order valence-corrected chi connectivity index (χ0v) is 18.1. The maximum Gasteiger partial charge on any atom is 0.416 e. The lowest BCUT2D eigenvalue weighted by atomic mass is 10.00. The molecule has 172 valence electrons. The van der Waals surface area contributed by atoms with Gasteiger partial charge in [-0.05, 0) is 35.6 Å². The third-order valence-electron chi connectivity index (χ3n) is 5.75. The van der Waals surface area contributed by atoms with Crippen LogP contribution in [0.2, 0.25) is 0 Å². The lowest BCUT2D eigenvalue weighted by Gasteiger charge is -2.36. The van der Waals surface area contributed by atoms with Crippen LogP contribution in [-0.4, -0.2) is 41.9 Å². The first-order valence-corrected chi connectivity index (χ1v) is 10.5. The van der Waals surface area contributed by atoms with Crippen LogP contribution in [-0.2, 0) is 17.4 Å². The summed E-state index contributed by atoms with van der Waals surface area (Å²) < 4.78 is 38.7. The second-order valence-corrected chi connectivity index (χ2v) is 8.22.